The van der Waals surface area contributed by atoms with E-state index in [-0.39, 0.29) is 5.41 Å². The average Bonchev–Trinajstić information content (AvgIpc) is 2.74. The molecule has 0 saturated carbocycles. The summed E-state index contributed by atoms with van der Waals surface area (Å²) in [5.74, 6) is -2.20. The third-order valence-electron chi connectivity index (χ3n) is 3.25. The van der Waals surface area contributed by atoms with E-state index in [1.54, 1.807) is 0 Å². The topological polar surface area (TPSA) is 92.8 Å². The fourth-order valence-electron chi connectivity index (χ4n) is 1.98. The smallest absolute Gasteiger partial charge is 0.328 e. The van der Waals surface area contributed by atoms with Gasteiger partial charge in [-0.2, -0.15) is 0 Å². The second-order valence-electron chi connectivity index (χ2n) is 6.72. The van der Waals surface area contributed by atoms with Crippen LogP contribution in [0.5, 0.6) is 0 Å². The zero-order valence-corrected chi connectivity index (χ0v) is 14.0. The van der Waals surface area contributed by atoms with Crippen molar-refractivity contribution >= 4 is 23.7 Å². The van der Waals surface area contributed by atoms with E-state index in [0.29, 0.717) is 6.61 Å². The lowest BCUT2D eigenvalue weighted by Gasteiger charge is -2.19. The van der Waals surface area contributed by atoms with Gasteiger partial charge < -0.3 is 10.1 Å². The third kappa shape index (κ3) is 6.63. The van der Waals surface area contributed by atoms with Crippen molar-refractivity contribution in [3.8, 4) is 0 Å². The largest absolute Gasteiger partial charge is 0.464 e. The summed E-state index contributed by atoms with van der Waals surface area (Å²) in [5, 5.41) is 2.42. The second-order valence-corrected chi connectivity index (χ2v) is 6.72. The van der Waals surface area contributed by atoms with Crippen LogP contribution in [0, 0.1) is 5.41 Å². The number of amides is 3. The first-order chi connectivity index (χ1) is 10.6. The van der Waals surface area contributed by atoms with Crippen LogP contribution >= 0.6 is 0 Å². The van der Waals surface area contributed by atoms with Gasteiger partial charge in [-0.25, -0.2) is 4.79 Å². The van der Waals surface area contributed by atoms with Gasteiger partial charge in [-0.05, 0) is 25.2 Å². The normalized spacial score (nSPS) is 15.7. The lowest BCUT2D eigenvalue weighted by molar-refractivity contribution is -0.148. The first-order valence-corrected chi connectivity index (χ1v) is 7.60. The second kappa shape index (κ2) is 7.89. The monoisotopic (exact) mass is 324 g/mol. The molecular weight excluding hydrogens is 300 g/mol. The van der Waals surface area contributed by atoms with E-state index in [9.17, 15) is 19.2 Å². The predicted molar refractivity (Wildman–Crippen MR) is 83.1 cm³/mol. The van der Waals surface area contributed by atoms with Gasteiger partial charge in [-0.1, -0.05) is 20.8 Å². The number of ether oxygens (including phenoxy) is 1. The Balaban J connectivity index is 2.30. The van der Waals surface area contributed by atoms with Gasteiger partial charge in [0.1, 0.15) is 12.6 Å². The molecule has 1 aliphatic heterocycles. The lowest BCUT2D eigenvalue weighted by atomic mass is 9.91. The molecule has 7 nitrogen and oxygen atoms in total. The van der Waals surface area contributed by atoms with Crippen LogP contribution in [0.4, 0.5) is 0 Å². The molecule has 1 heterocycles. The Labute approximate surface area is 136 Å². The van der Waals surface area contributed by atoms with Gasteiger partial charge in [0.25, 0.3) is 11.8 Å². The Kier molecular flexibility index (Phi) is 6.48. The molecule has 1 rings (SSSR count). The zero-order valence-electron chi connectivity index (χ0n) is 14.0. The van der Waals surface area contributed by atoms with Crippen LogP contribution < -0.4 is 5.32 Å². The SMILES string of the molecule is CC(NC(=O)CN1C(=O)C=CC1=O)C(=O)OCCCC(C)(C)C. The summed E-state index contributed by atoms with van der Waals surface area (Å²) < 4.78 is 5.10. The number of carbonyl (C=O) groups excluding carboxylic acids is 4. The first kappa shape index (κ1) is 18.9. The zero-order chi connectivity index (χ0) is 17.6. The molecule has 1 atom stereocenters. The van der Waals surface area contributed by atoms with Crippen LogP contribution in [0.1, 0.15) is 40.5 Å². The maximum atomic E-state index is 11.8. The number of hydrogen-bond donors (Lipinski definition) is 1. The molecule has 1 aliphatic rings. The molecule has 23 heavy (non-hydrogen) atoms. The summed E-state index contributed by atoms with van der Waals surface area (Å²) >= 11 is 0. The standard InChI is InChI=1S/C16H24N2O5/c1-11(15(22)23-9-5-8-16(2,3)4)17-12(19)10-18-13(20)6-7-14(18)21/h6-7,11H,5,8-10H2,1-4H3,(H,17,19). The van der Waals surface area contributed by atoms with Gasteiger partial charge in [0.05, 0.1) is 6.61 Å². The molecule has 0 radical (unpaired) electrons. The molecule has 0 aliphatic carbocycles. The maximum Gasteiger partial charge on any atom is 0.328 e. The summed E-state index contributed by atoms with van der Waals surface area (Å²) in [7, 11) is 0. The molecule has 1 unspecified atom stereocenters. The lowest BCUT2D eigenvalue weighted by Crippen LogP contribution is -2.46. The Bertz CT molecular complexity index is 501. The number of hydrogen-bond acceptors (Lipinski definition) is 5. The number of rotatable bonds is 7. The molecule has 0 aromatic heterocycles. The van der Waals surface area contributed by atoms with E-state index in [2.05, 4.69) is 26.1 Å². The van der Waals surface area contributed by atoms with E-state index < -0.39 is 36.3 Å². The quantitative estimate of drug-likeness (QED) is 0.424. The summed E-state index contributed by atoms with van der Waals surface area (Å²) in [5.41, 5.74) is 0.176. The van der Waals surface area contributed by atoms with Crippen LogP contribution in [-0.4, -0.2) is 47.8 Å². The third-order valence-corrected chi connectivity index (χ3v) is 3.25. The Morgan fingerprint density at radius 2 is 1.78 bits per heavy atom. The van der Waals surface area contributed by atoms with Gasteiger partial charge in [0.2, 0.25) is 5.91 Å². The van der Waals surface area contributed by atoms with E-state index in [0.717, 1.165) is 29.9 Å². The molecule has 7 heteroatoms. The van der Waals surface area contributed by atoms with E-state index in [4.69, 9.17) is 4.74 Å². The highest BCUT2D eigenvalue weighted by molar-refractivity contribution is 6.14. The Morgan fingerprint density at radius 1 is 1.22 bits per heavy atom. The highest BCUT2D eigenvalue weighted by Gasteiger charge is 2.27. The van der Waals surface area contributed by atoms with Crippen molar-refractivity contribution in [1.82, 2.24) is 10.2 Å². The number of imide groups is 1. The van der Waals surface area contributed by atoms with Crippen LogP contribution in [0.2, 0.25) is 0 Å². The van der Waals surface area contributed by atoms with Crippen molar-refractivity contribution in [2.24, 2.45) is 5.41 Å². The summed E-state index contributed by atoms with van der Waals surface area (Å²) in [6.07, 6.45) is 3.87. The number of nitrogens with one attached hydrogen (secondary N) is 1. The summed E-state index contributed by atoms with van der Waals surface area (Å²) in [6.45, 7) is 7.69. The highest BCUT2D eigenvalue weighted by atomic mass is 16.5. The van der Waals surface area contributed by atoms with Gasteiger partial charge >= 0.3 is 5.97 Å². The fourth-order valence-corrected chi connectivity index (χ4v) is 1.98. The molecule has 128 valence electrons. The minimum absolute atomic E-state index is 0.176. The minimum Gasteiger partial charge on any atom is -0.464 e. The Morgan fingerprint density at radius 3 is 2.30 bits per heavy atom. The molecule has 0 bridgehead atoms. The predicted octanol–water partition coefficient (Wildman–Crippen LogP) is 0.786. The van der Waals surface area contributed by atoms with Crippen molar-refractivity contribution in [2.45, 2.75) is 46.6 Å². The van der Waals surface area contributed by atoms with Crippen molar-refractivity contribution < 1.29 is 23.9 Å². The highest BCUT2D eigenvalue weighted by Crippen LogP contribution is 2.20. The van der Waals surface area contributed by atoms with Crippen LogP contribution in [0.15, 0.2) is 12.2 Å². The van der Waals surface area contributed by atoms with Crippen molar-refractivity contribution in [2.75, 3.05) is 13.2 Å². The van der Waals surface area contributed by atoms with Crippen LogP contribution in [-0.2, 0) is 23.9 Å². The number of esters is 1. The van der Waals surface area contributed by atoms with E-state index >= 15 is 0 Å². The van der Waals surface area contributed by atoms with E-state index in [1.807, 2.05) is 0 Å². The number of nitrogens with zero attached hydrogens (tertiary/aromatic N) is 1. The average molecular weight is 324 g/mol. The Hall–Kier alpha value is -2.18. The first-order valence-electron chi connectivity index (χ1n) is 7.60. The molecule has 0 aromatic rings. The number of carbonyl (C=O) groups is 4. The van der Waals surface area contributed by atoms with Crippen LogP contribution in [0.3, 0.4) is 0 Å². The van der Waals surface area contributed by atoms with Crippen LogP contribution in [0.25, 0.3) is 0 Å². The molecule has 0 saturated heterocycles. The van der Waals surface area contributed by atoms with E-state index in [1.165, 1.54) is 6.92 Å². The van der Waals surface area contributed by atoms with Crippen molar-refractivity contribution in [3.63, 3.8) is 0 Å². The van der Waals surface area contributed by atoms with Gasteiger partial charge in [0, 0.05) is 12.2 Å². The summed E-state index contributed by atoms with van der Waals surface area (Å²) in [4.78, 5) is 47.0. The fraction of sp³-hybridized carbons (Fsp3) is 0.625. The molecule has 0 aromatic carbocycles. The van der Waals surface area contributed by atoms with Gasteiger partial charge in [-0.15, -0.1) is 0 Å². The van der Waals surface area contributed by atoms with Gasteiger partial charge in [0.15, 0.2) is 0 Å². The molecule has 0 spiro atoms. The molecular formula is C16H24N2O5. The van der Waals surface area contributed by atoms with Crippen molar-refractivity contribution in [1.29, 1.82) is 0 Å². The maximum absolute atomic E-state index is 11.8. The van der Waals surface area contributed by atoms with Gasteiger partial charge in [-0.3, -0.25) is 19.3 Å². The van der Waals surface area contributed by atoms with Crippen molar-refractivity contribution in [3.05, 3.63) is 12.2 Å². The molecule has 0 fully saturated rings. The minimum atomic E-state index is -0.835. The molecule has 3 amide bonds. The summed E-state index contributed by atoms with van der Waals surface area (Å²) in [6, 6.07) is -0.835. The molecule has 1 N–H and O–H groups in total.